The van der Waals surface area contributed by atoms with E-state index in [4.69, 9.17) is 0 Å². The summed E-state index contributed by atoms with van der Waals surface area (Å²) >= 11 is 1.50. The molecule has 1 aliphatic heterocycles. The third-order valence-electron chi connectivity index (χ3n) is 3.64. The van der Waals surface area contributed by atoms with Crippen molar-refractivity contribution in [3.05, 3.63) is 18.0 Å². The lowest BCUT2D eigenvalue weighted by atomic mass is 10.1. The van der Waals surface area contributed by atoms with Gasteiger partial charge in [0.25, 0.3) is 0 Å². The second-order valence-corrected chi connectivity index (χ2v) is 6.14. The molecule has 20 heavy (non-hydrogen) atoms. The Morgan fingerprint density at radius 3 is 3.00 bits per heavy atom. The summed E-state index contributed by atoms with van der Waals surface area (Å²) in [4.78, 5) is 26.2. The number of hydrogen-bond acceptors (Lipinski definition) is 4. The lowest BCUT2D eigenvalue weighted by molar-refractivity contribution is -0.133. The van der Waals surface area contributed by atoms with E-state index in [-0.39, 0.29) is 11.8 Å². The molecule has 1 aromatic heterocycles. The number of thioether (sulfide) groups is 1. The first-order chi connectivity index (χ1) is 9.69. The van der Waals surface area contributed by atoms with Gasteiger partial charge in [-0.25, -0.2) is 0 Å². The molecule has 1 saturated carbocycles. The molecular weight excluding hydrogens is 276 g/mol. The Hall–Kier alpha value is -1.50. The second-order valence-electron chi connectivity index (χ2n) is 5.27. The normalized spacial score (nSPS) is 21.4. The minimum absolute atomic E-state index is 0.0286. The molecule has 108 valence electrons. The van der Waals surface area contributed by atoms with Gasteiger partial charge in [0.15, 0.2) is 0 Å². The van der Waals surface area contributed by atoms with E-state index >= 15 is 0 Å². The molecule has 3 rings (SSSR count). The van der Waals surface area contributed by atoms with Gasteiger partial charge in [0.2, 0.25) is 11.8 Å². The van der Waals surface area contributed by atoms with E-state index in [0.717, 1.165) is 18.5 Å². The van der Waals surface area contributed by atoms with Crippen LogP contribution in [-0.2, 0) is 16.1 Å². The van der Waals surface area contributed by atoms with Crippen molar-refractivity contribution in [2.75, 3.05) is 18.6 Å². The zero-order valence-electron chi connectivity index (χ0n) is 11.4. The first-order valence-corrected chi connectivity index (χ1v) is 8.18. The number of carbonyl (C=O) groups excluding carboxylic acids is 2. The summed E-state index contributed by atoms with van der Waals surface area (Å²) in [5.41, 5.74) is 0.918. The predicted octanol–water partition coefficient (Wildman–Crippen LogP) is 0.408. The zero-order valence-corrected chi connectivity index (χ0v) is 12.2. The SMILES string of the molecule is CSCC(=O)N1Cc2ccnn2[C@H](C(=O)NC2CC2)C1. The van der Waals surface area contributed by atoms with E-state index in [1.807, 2.05) is 12.3 Å². The van der Waals surface area contributed by atoms with Crippen LogP contribution in [0.1, 0.15) is 24.6 Å². The number of aromatic nitrogens is 2. The molecular formula is C13H18N4O2S. The molecule has 1 fully saturated rings. The van der Waals surface area contributed by atoms with E-state index in [1.165, 1.54) is 11.8 Å². The highest BCUT2D eigenvalue weighted by molar-refractivity contribution is 7.99. The molecule has 1 aromatic rings. The van der Waals surface area contributed by atoms with Gasteiger partial charge >= 0.3 is 0 Å². The zero-order chi connectivity index (χ0) is 14.1. The number of nitrogens with zero attached hydrogens (tertiary/aromatic N) is 3. The molecule has 0 saturated heterocycles. The minimum atomic E-state index is -0.403. The Kier molecular flexibility index (Phi) is 3.69. The van der Waals surface area contributed by atoms with Crippen molar-refractivity contribution in [3.8, 4) is 0 Å². The molecule has 1 atom stereocenters. The standard InChI is InChI=1S/C13H18N4O2S/c1-20-8-12(18)16-6-10-4-5-14-17(10)11(7-16)13(19)15-9-2-3-9/h4-5,9,11H,2-3,6-8H2,1H3,(H,15,19)/t11-/m0/s1. The quantitative estimate of drug-likeness (QED) is 0.873. The van der Waals surface area contributed by atoms with Crippen molar-refractivity contribution in [3.63, 3.8) is 0 Å². The molecule has 7 heteroatoms. The summed E-state index contributed by atoms with van der Waals surface area (Å²) in [5.74, 6) is 0.499. The molecule has 0 bridgehead atoms. The summed E-state index contributed by atoms with van der Waals surface area (Å²) in [6.45, 7) is 0.944. The van der Waals surface area contributed by atoms with Crippen LogP contribution in [0.2, 0.25) is 0 Å². The maximum Gasteiger partial charge on any atom is 0.246 e. The predicted molar refractivity (Wildman–Crippen MR) is 76.2 cm³/mol. The van der Waals surface area contributed by atoms with Gasteiger partial charge in [0.1, 0.15) is 6.04 Å². The fourth-order valence-electron chi connectivity index (χ4n) is 2.42. The summed E-state index contributed by atoms with van der Waals surface area (Å²) in [7, 11) is 0. The average molecular weight is 294 g/mol. The summed E-state index contributed by atoms with van der Waals surface area (Å²) in [6.07, 6.45) is 5.71. The van der Waals surface area contributed by atoms with E-state index in [9.17, 15) is 9.59 Å². The van der Waals surface area contributed by atoms with Gasteiger partial charge in [-0.15, -0.1) is 0 Å². The van der Waals surface area contributed by atoms with Crippen molar-refractivity contribution >= 4 is 23.6 Å². The Bertz CT molecular complexity index is 526. The summed E-state index contributed by atoms with van der Waals surface area (Å²) in [5, 5.41) is 7.24. The van der Waals surface area contributed by atoms with Crippen LogP contribution in [-0.4, -0.2) is 51.1 Å². The smallest absolute Gasteiger partial charge is 0.246 e. The summed E-state index contributed by atoms with van der Waals surface area (Å²) in [6, 6.07) is 1.79. The number of hydrogen-bond donors (Lipinski definition) is 1. The van der Waals surface area contributed by atoms with Crippen molar-refractivity contribution in [1.82, 2.24) is 20.0 Å². The maximum atomic E-state index is 12.3. The van der Waals surface area contributed by atoms with Crippen LogP contribution < -0.4 is 5.32 Å². The molecule has 2 amide bonds. The lowest BCUT2D eigenvalue weighted by Gasteiger charge is -2.33. The Morgan fingerprint density at radius 2 is 2.30 bits per heavy atom. The topological polar surface area (TPSA) is 67.2 Å². The lowest BCUT2D eigenvalue weighted by Crippen LogP contribution is -2.47. The van der Waals surface area contributed by atoms with Gasteiger partial charge in [-0.3, -0.25) is 14.3 Å². The fourth-order valence-corrected chi connectivity index (χ4v) is 2.85. The highest BCUT2D eigenvalue weighted by Gasteiger charge is 2.35. The number of rotatable bonds is 4. The highest BCUT2D eigenvalue weighted by Crippen LogP contribution is 2.24. The van der Waals surface area contributed by atoms with E-state index < -0.39 is 6.04 Å². The molecule has 6 nitrogen and oxygen atoms in total. The molecule has 0 unspecified atom stereocenters. The van der Waals surface area contributed by atoms with Crippen molar-refractivity contribution in [1.29, 1.82) is 0 Å². The van der Waals surface area contributed by atoms with E-state index in [1.54, 1.807) is 15.8 Å². The van der Waals surface area contributed by atoms with Gasteiger partial charge in [-0.1, -0.05) is 0 Å². The van der Waals surface area contributed by atoms with Gasteiger partial charge in [0, 0.05) is 12.2 Å². The maximum absolute atomic E-state index is 12.3. The molecule has 1 N–H and O–H groups in total. The molecule has 2 aliphatic rings. The van der Waals surface area contributed by atoms with Gasteiger partial charge in [-0.2, -0.15) is 16.9 Å². The number of amides is 2. The Labute approximate surface area is 121 Å². The van der Waals surface area contributed by atoms with Crippen LogP contribution >= 0.6 is 11.8 Å². The molecule has 0 radical (unpaired) electrons. The molecule has 0 spiro atoms. The number of nitrogens with one attached hydrogen (secondary N) is 1. The average Bonchev–Trinajstić information content (AvgIpc) is 3.12. The largest absolute Gasteiger partial charge is 0.351 e. The van der Waals surface area contributed by atoms with Gasteiger partial charge in [0.05, 0.1) is 24.5 Å². The van der Waals surface area contributed by atoms with Gasteiger partial charge in [-0.05, 0) is 25.2 Å². The monoisotopic (exact) mass is 294 g/mol. The third-order valence-corrected chi connectivity index (χ3v) is 4.18. The highest BCUT2D eigenvalue weighted by atomic mass is 32.2. The second kappa shape index (κ2) is 5.47. The Balaban J connectivity index is 1.77. The van der Waals surface area contributed by atoms with Crippen molar-refractivity contribution < 1.29 is 9.59 Å². The van der Waals surface area contributed by atoms with Crippen LogP contribution in [0.3, 0.4) is 0 Å². The first kappa shape index (κ1) is 13.5. The van der Waals surface area contributed by atoms with E-state index in [2.05, 4.69) is 10.4 Å². The van der Waals surface area contributed by atoms with Crippen molar-refractivity contribution in [2.24, 2.45) is 0 Å². The molecule has 0 aromatic carbocycles. The molecule has 1 aliphatic carbocycles. The van der Waals surface area contributed by atoms with Crippen LogP contribution in [0.25, 0.3) is 0 Å². The summed E-state index contributed by atoms with van der Waals surface area (Å²) < 4.78 is 1.75. The fraction of sp³-hybridized carbons (Fsp3) is 0.615. The van der Waals surface area contributed by atoms with Crippen LogP contribution in [0.15, 0.2) is 12.3 Å². The molecule has 2 heterocycles. The first-order valence-electron chi connectivity index (χ1n) is 6.78. The minimum Gasteiger partial charge on any atom is -0.351 e. The number of carbonyl (C=O) groups is 2. The van der Waals surface area contributed by atoms with Crippen LogP contribution in [0, 0.1) is 0 Å². The Morgan fingerprint density at radius 1 is 1.50 bits per heavy atom. The van der Waals surface area contributed by atoms with Crippen molar-refractivity contribution in [2.45, 2.75) is 31.5 Å². The van der Waals surface area contributed by atoms with E-state index in [0.29, 0.717) is 24.9 Å². The van der Waals surface area contributed by atoms with Crippen LogP contribution in [0.4, 0.5) is 0 Å². The van der Waals surface area contributed by atoms with Crippen LogP contribution in [0.5, 0.6) is 0 Å². The third kappa shape index (κ3) is 2.67. The van der Waals surface area contributed by atoms with Gasteiger partial charge < -0.3 is 10.2 Å². The number of fused-ring (bicyclic) bond motifs is 1.